The lowest BCUT2D eigenvalue weighted by Gasteiger charge is -2.06. The fraction of sp³-hybridized carbons (Fsp3) is 0.0435. The highest BCUT2D eigenvalue weighted by atomic mass is 32.1. The smallest absolute Gasteiger partial charge is 0.243 e. The molecule has 4 rings (SSSR count). The number of nitrogens with two attached hydrogens (primary N) is 1. The van der Waals surface area contributed by atoms with Crippen molar-refractivity contribution in [2.45, 2.75) is 0 Å². The van der Waals surface area contributed by atoms with E-state index >= 15 is 0 Å². The van der Waals surface area contributed by atoms with Gasteiger partial charge in [-0.3, -0.25) is 4.79 Å². The molecule has 0 saturated heterocycles. The third-order valence-corrected chi connectivity index (χ3v) is 5.64. The molecule has 2 aromatic carbocycles. The number of thiophene rings is 1. The molecule has 4 nitrogen and oxygen atoms in total. The molecule has 0 atom stereocenters. The van der Waals surface area contributed by atoms with Gasteiger partial charge in [-0.25, -0.2) is 4.98 Å². The minimum Gasteiger partial charge on any atom is -0.383 e. The number of aromatic nitrogens is 1. The third kappa shape index (κ3) is 3.40. The Morgan fingerprint density at radius 1 is 1.04 bits per heavy atom. The number of nitrogen functional groups attached to an aromatic ring is 1. The van der Waals surface area contributed by atoms with Crippen molar-refractivity contribution in [3.05, 3.63) is 77.8 Å². The number of rotatable bonds is 4. The number of carbonyl (C=O) groups excluding carboxylic acids is 1. The van der Waals surface area contributed by atoms with Crippen LogP contribution in [0.3, 0.4) is 0 Å². The fourth-order valence-corrected chi connectivity index (χ4v) is 4.22. The van der Waals surface area contributed by atoms with E-state index in [1.165, 1.54) is 17.2 Å². The Kier molecular flexibility index (Phi) is 4.91. The van der Waals surface area contributed by atoms with Gasteiger partial charge >= 0.3 is 0 Å². The molecule has 4 aromatic rings. The van der Waals surface area contributed by atoms with Crippen molar-refractivity contribution in [3.8, 4) is 22.3 Å². The van der Waals surface area contributed by atoms with E-state index in [9.17, 15) is 4.79 Å². The molecule has 0 saturated carbocycles. The number of anilines is 1. The molecular weight excluding hydrogens is 366 g/mol. The average Bonchev–Trinajstić information content (AvgIpc) is 3.20. The summed E-state index contributed by atoms with van der Waals surface area (Å²) in [4.78, 5) is 15.9. The second-order valence-electron chi connectivity index (χ2n) is 6.34. The van der Waals surface area contributed by atoms with Gasteiger partial charge in [0.15, 0.2) is 0 Å². The molecule has 0 aliphatic rings. The van der Waals surface area contributed by atoms with Crippen LogP contribution in [0.4, 0.5) is 5.82 Å². The van der Waals surface area contributed by atoms with Gasteiger partial charge in [-0.05, 0) is 28.1 Å². The molecule has 0 aliphatic carbocycles. The third-order valence-electron chi connectivity index (χ3n) is 4.62. The number of pyridine rings is 1. The first-order valence-electron chi connectivity index (χ1n) is 8.88. The fourth-order valence-electron chi connectivity index (χ4n) is 3.14. The van der Waals surface area contributed by atoms with Crippen LogP contribution < -0.4 is 11.1 Å². The van der Waals surface area contributed by atoms with Crippen LogP contribution in [0.15, 0.2) is 72.3 Å². The molecule has 3 N–H and O–H groups in total. The highest BCUT2D eigenvalue weighted by molar-refractivity contribution is 7.18. The zero-order chi connectivity index (χ0) is 19.5. The molecule has 2 heterocycles. The molecule has 0 bridgehead atoms. The largest absolute Gasteiger partial charge is 0.383 e. The lowest BCUT2D eigenvalue weighted by atomic mass is 10.00. The van der Waals surface area contributed by atoms with Crippen LogP contribution in [-0.4, -0.2) is 17.9 Å². The Bertz CT molecular complexity index is 1160. The predicted octanol–water partition coefficient (Wildman–Crippen LogP) is 4.97. The quantitative estimate of drug-likeness (QED) is 0.487. The Labute approximate surface area is 167 Å². The SMILES string of the molecule is CNC(=O)/C=C/c1cnc(N)c2c(-c3ccc(-c4ccccc4)cc3)csc12. The molecular formula is C23H19N3OS. The molecule has 0 fully saturated rings. The minimum absolute atomic E-state index is 0.154. The summed E-state index contributed by atoms with van der Waals surface area (Å²) in [6, 6.07) is 18.7. The van der Waals surface area contributed by atoms with E-state index in [1.54, 1.807) is 30.7 Å². The van der Waals surface area contributed by atoms with Crippen molar-refractivity contribution in [1.29, 1.82) is 0 Å². The highest BCUT2D eigenvalue weighted by Crippen LogP contribution is 2.39. The van der Waals surface area contributed by atoms with Crippen molar-refractivity contribution in [2.24, 2.45) is 0 Å². The predicted molar refractivity (Wildman–Crippen MR) is 118 cm³/mol. The zero-order valence-electron chi connectivity index (χ0n) is 15.3. The van der Waals surface area contributed by atoms with Crippen LogP contribution in [0.1, 0.15) is 5.56 Å². The molecule has 2 aromatic heterocycles. The monoisotopic (exact) mass is 385 g/mol. The maximum absolute atomic E-state index is 11.5. The van der Waals surface area contributed by atoms with E-state index in [2.05, 4.69) is 52.1 Å². The molecule has 0 unspecified atom stereocenters. The number of nitrogens with zero attached hydrogens (tertiary/aromatic N) is 1. The van der Waals surface area contributed by atoms with Crippen molar-refractivity contribution in [1.82, 2.24) is 10.3 Å². The van der Waals surface area contributed by atoms with E-state index in [1.807, 2.05) is 18.2 Å². The summed E-state index contributed by atoms with van der Waals surface area (Å²) in [6.45, 7) is 0. The number of carbonyl (C=O) groups is 1. The number of fused-ring (bicyclic) bond motifs is 1. The first kappa shape index (κ1) is 17.9. The van der Waals surface area contributed by atoms with Crippen LogP contribution in [0.25, 0.3) is 38.4 Å². The Hall–Kier alpha value is -3.44. The van der Waals surface area contributed by atoms with E-state index in [4.69, 9.17) is 5.73 Å². The zero-order valence-corrected chi connectivity index (χ0v) is 16.2. The van der Waals surface area contributed by atoms with Gasteiger partial charge in [0.05, 0.1) is 0 Å². The van der Waals surface area contributed by atoms with E-state index in [0.29, 0.717) is 5.82 Å². The van der Waals surface area contributed by atoms with Crippen molar-refractivity contribution in [3.63, 3.8) is 0 Å². The standard InChI is InChI=1S/C23H19N3OS/c1-25-20(27)12-11-18-13-26-23(24)21-19(14-28-22(18)21)17-9-7-16(8-10-17)15-5-3-2-4-6-15/h2-14H,1H3,(H2,24,26)(H,25,27)/b12-11+. The average molecular weight is 385 g/mol. The summed E-state index contributed by atoms with van der Waals surface area (Å²) in [5, 5.41) is 5.60. The number of nitrogens with one attached hydrogen (secondary N) is 1. The lowest BCUT2D eigenvalue weighted by molar-refractivity contribution is -0.115. The number of benzene rings is 2. The topological polar surface area (TPSA) is 68.0 Å². The normalized spacial score (nSPS) is 11.2. The lowest BCUT2D eigenvalue weighted by Crippen LogP contribution is -2.13. The van der Waals surface area contributed by atoms with Gasteiger partial charge in [0, 0.05) is 40.5 Å². The van der Waals surface area contributed by atoms with Crippen LogP contribution in [0.2, 0.25) is 0 Å². The van der Waals surface area contributed by atoms with Crippen LogP contribution in [-0.2, 0) is 4.79 Å². The maximum Gasteiger partial charge on any atom is 0.243 e. The molecule has 1 amide bonds. The van der Waals surface area contributed by atoms with Gasteiger partial charge in [0.25, 0.3) is 0 Å². The Morgan fingerprint density at radius 2 is 1.71 bits per heavy atom. The summed E-state index contributed by atoms with van der Waals surface area (Å²) < 4.78 is 1.02. The highest BCUT2D eigenvalue weighted by Gasteiger charge is 2.13. The molecule has 138 valence electrons. The van der Waals surface area contributed by atoms with Crippen molar-refractivity contribution >= 4 is 39.2 Å². The van der Waals surface area contributed by atoms with E-state index in [-0.39, 0.29) is 5.91 Å². The Balaban J connectivity index is 1.75. The molecule has 0 radical (unpaired) electrons. The second-order valence-corrected chi connectivity index (χ2v) is 7.22. The van der Waals surface area contributed by atoms with Gasteiger partial charge < -0.3 is 11.1 Å². The van der Waals surface area contributed by atoms with Gasteiger partial charge in [0.2, 0.25) is 5.91 Å². The summed E-state index contributed by atoms with van der Waals surface area (Å²) in [6.07, 6.45) is 4.98. The van der Waals surface area contributed by atoms with E-state index < -0.39 is 0 Å². The van der Waals surface area contributed by atoms with Crippen molar-refractivity contribution in [2.75, 3.05) is 12.8 Å². The van der Waals surface area contributed by atoms with Gasteiger partial charge in [-0.2, -0.15) is 0 Å². The Morgan fingerprint density at radius 3 is 2.43 bits per heavy atom. The first-order valence-corrected chi connectivity index (χ1v) is 9.76. The summed E-state index contributed by atoms with van der Waals surface area (Å²) in [5.41, 5.74) is 11.6. The number of amides is 1. The van der Waals surface area contributed by atoms with Gasteiger partial charge in [0.1, 0.15) is 5.82 Å². The van der Waals surface area contributed by atoms with Crippen LogP contribution >= 0.6 is 11.3 Å². The molecule has 5 heteroatoms. The van der Waals surface area contributed by atoms with Crippen molar-refractivity contribution < 1.29 is 4.79 Å². The van der Waals surface area contributed by atoms with Gasteiger partial charge in [-0.15, -0.1) is 11.3 Å². The second kappa shape index (κ2) is 7.66. The summed E-state index contributed by atoms with van der Waals surface area (Å²) >= 11 is 1.61. The number of hydrogen-bond acceptors (Lipinski definition) is 4. The molecule has 0 aliphatic heterocycles. The summed E-state index contributed by atoms with van der Waals surface area (Å²) in [7, 11) is 1.60. The number of likely N-dealkylation sites (N-methyl/N-ethyl adjacent to an activating group) is 1. The maximum atomic E-state index is 11.5. The number of hydrogen-bond donors (Lipinski definition) is 2. The van der Waals surface area contributed by atoms with Gasteiger partial charge in [-0.1, -0.05) is 54.6 Å². The van der Waals surface area contributed by atoms with E-state index in [0.717, 1.165) is 26.8 Å². The molecule has 28 heavy (non-hydrogen) atoms. The summed E-state index contributed by atoms with van der Waals surface area (Å²) in [5.74, 6) is 0.341. The molecule has 0 spiro atoms. The minimum atomic E-state index is -0.154. The van der Waals surface area contributed by atoms with Crippen LogP contribution in [0.5, 0.6) is 0 Å². The van der Waals surface area contributed by atoms with Crippen LogP contribution in [0, 0.1) is 0 Å². The first-order chi connectivity index (χ1) is 13.7.